The van der Waals surface area contributed by atoms with Crippen LogP contribution >= 0.6 is 0 Å². The number of piperidine rings is 1. The number of hydrogen-bond acceptors (Lipinski definition) is 8. The molecular weight excluding hydrogens is 614 g/mol. The van der Waals surface area contributed by atoms with Gasteiger partial charge in [0.15, 0.2) is 6.61 Å². The van der Waals surface area contributed by atoms with Crippen LogP contribution in [0.4, 0.5) is 0 Å². The van der Waals surface area contributed by atoms with E-state index in [-0.39, 0.29) is 54.7 Å². The smallest absolute Gasteiger partial charge is 0.328 e. The summed E-state index contributed by atoms with van der Waals surface area (Å²) in [4.78, 5) is 38.6. The number of nitrogens with one attached hydrogen (secondary N) is 2. The summed E-state index contributed by atoms with van der Waals surface area (Å²) >= 11 is 0. The molecule has 7 rings (SSSR count). The average molecular weight is 650 g/mol. The largest absolute Gasteiger partial charge is 0.496 e. The topological polar surface area (TPSA) is 150 Å². The van der Waals surface area contributed by atoms with Gasteiger partial charge in [-0.25, -0.2) is 13.2 Å². The number of ether oxygens (including phenoxy) is 3. The molecule has 4 aromatic rings. The molecule has 4 bridgehead atoms. The second kappa shape index (κ2) is 12.2. The first kappa shape index (κ1) is 31.2. The molecule has 46 heavy (non-hydrogen) atoms. The molecule has 1 saturated heterocycles. The van der Waals surface area contributed by atoms with Gasteiger partial charge in [0.25, 0.3) is 11.8 Å². The maximum Gasteiger partial charge on any atom is 0.328 e. The number of carbonyl (C=O) groups excluding carboxylic acids is 2. The zero-order valence-corrected chi connectivity index (χ0v) is 26.7. The predicted octanol–water partition coefficient (Wildman–Crippen LogP) is 1.84. The zero-order chi connectivity index (χ0) is 32.7. The van der Waals surface area contributed by atoms with E-state index in [2.05, 4.69) is 10.6 Å². The lowest BCUT2D eigenvalue weighted by Gasteiger charge is -2.38. The van der Waals surface area contributed by atoms with Crippen molar-refractivity contribution in [1.29, 1.82) is 0 Å². The second-order valence-electron chi connectivity index (χ2n) is 11.5. The molecule has 3 aromatic carbocycles. The Morgan fingerprint density at radius 2 is 1.74 bits per heavy atom. The lowest BCUT2D eigenvalue weighted by molar-refractivity contribution is -0.123. The van der Waals surface area contributed by atoms with Crippen molar-refractivity contribution < 1.29 is 32.2 Å². The van der Waals surface area contributed by atoms with Crippen LogP contribution < -0.4 is 30.5 Å². The van der Waals surface area contributed by atoms with E-state index in [0.29, 0.717) is 28.3 Å². The molecule has 3 aliphatic heterocycles. The van der Waals surface area contributed by atoms with E-state index < -0.39 is 28.1 Å². The number of rotatable bonds is 3. The van der Waals surface area contributed by atoms with Gasteiger partial charge in [-0.3, -0.25) is 18.7 Å². The van der Waals surface area contributed by atoms with E-state index in [4.69, 9.17) is 14.2 Å². The van der Waals surface area contributed by atoms with Gasteiger partial charge in [-0.1, -0.05) is 6.07 Å². The Morgan fingerprint density at radius 3 is 2.52 bits per heavy atom. The summed E-state index contributed by atoms with van der Waals surface area (Å²) in [7, 11) is 0.725. The Morgan fingerprint density at radius 1 is 0.957 bits per heavy atom. The van der Waals surface area contributed by atoms with E-state index in [1.165, 1.54) is 32.7 Å². The minimum atomic E-state index is -4.02. The molecule has 4 heterocycles. The van der Waals surface area contributed by atoms with Gasteiger partial charge in [-0.05, 0) is 55.0 Å². The van der Waals surface area contributed by atoms with Crippen LogP contribution in [-0.2, 0) is 35.5 Å². The average Bonchev–Trinajstić information content (AvgIpc) is 3.26. The van der Waals surface area contributed by atoms with Crippen molar-refractivity contribution in [3.05, 3.63) is 81.8 Å². The molecule has 2 atom stereocenters. The summed E-state index contributed by atoms with van der Waals surface area (Å²) in [6, 6.07) is 14.0. The molecule has 0 radical (unpaired) electrons. The molecule has 0 aliphatic carbocycles. The van der Waals surface area contributed by atoms with E-state index in [1.54, 1.807) is 56.6 Å². The fourth-order valence-electron chi connectivity index (χ4n) is 5.85. The van der Waals surface area contributed by atoms with Gasteiger partial charge in [0.1, 0.15) is 23.4 Å². The molecule has 2 amide bonds. The van der Waals surface area contributed by atoms with E-state index in [1.807, 2.05) is 6.92 Å². The van der Waals surface area contributed by atoms with Crippen LogP contribution in [0.15, 0.2) is 64.3 Å². The van der Waals surface area contributed by atoms with Crippen LogP contribution in [-0.4, -0.2) is 72.6 Å². The molecule has 14 heteroatoms. The van der Waals surface area contributed by atoms with Crippen LogP contribution in [0, 0.1) is 6.92 Å². The fraction of sp³-hybridized carbons (Fsp3) is 0.344. The predicted molar refractivity (Wildman–Crippen MR) is 169 cm³/mol. The van der Waals surface area contributed by atoms with Crippen LogP contribution in [0.2, 0.25) is 0 Å². The molecule has 242 valence electrons. The number of benzene rings is 3. The number of amides is 2. The third-order valence-corrected chi connectivity index (χ3v) is 10.4. The summed E-state index contributed by atoms with van der Waals surface area (Å²) in [5.41, 5.74) is 2.59. The van der Waals surface area contributed by atoms with Crippen LogP contribution in [0.25, 0.3) is 11.0 Å². The van der Waals surface area contributed by atoms with E-state index >= 15 is 0 Å². The first-order chi connectivity index (χ1) is 22.0. The van der Waals surface area contributed by atoms with Gasteiger partial charge in [-0.15, -0.1) is 0 Å². The van der Waals surface area contributed by atoms with Gasteiger partial charge < -0.3 is 24.8 Å². The minimum Gasteiger partial charge on any atom is -0.496 e. The Hall–Kier alpha value is -4.82. The van der Waals surface area contributed by atoms with Crippen molar-refractivity contribution >= 4 is 32.9 Å². The highest BCUT2D eigenvalue weighted by Gasteiger charge is 2.38. The zero-order valence-electron chi connectivity index (χ0n) is 25.9. The number of aromatic nitrogens is 2. The molecule has 0 saturated carbocycles. The third-order valence-electron chi connectivity index (χ3n) is 8.54. The molecule has 1 fully saturated rings. The lowest BCUT2D eigenvalue weighted by atomic mass is 10.0. The molecule has 2 N–H and O–H groups in total. The van der Waals surface area contributed by atoms with E-state index in [0.717, 1.165) is 11.1 Å². The lowest BCUT2D eigenvalue weighted by Crippen LogP contribution is -2.58. The number of carbonyl (C=O) groups is 2. The number of nitrogens with zero attached hydrogens (tertiary/aromatic N) is 3. The highest BCUT2D eigenvalue weighted by molar-refractivity contribution is 7.89. The molecule has 0 spiro atoms. The molecular formula is C32H35N5O8S. The quantitative estimate of drug-likeness (QED) is 0.342. The summed E-state index contributed by atoms with van der Waals surface area (Å²) in [6.45, 7) is 1.83. The summed E-state index contributed by atoms with van der Waals surface area (Å²) < 4.78 is 49.8. The van der Waals surface area contributed by atoms with Crippen molar-refractivity contribution in [3.63, 3.8) is 0 Å². The Kier molecular flexibility index (Phi) is 8.25. The number of sulfonamides is 1. The van der Waals surface area contributed by atoms with Gasteiger partial charge in [-0.2, -0.15) is 4.31 Å². The Balaban J connectivity index is 1.35. The Bertz CT molecular complexity index is 2020. The maximum absolute atomic E-state index is 14.0. The highest BCUT2D eigenvalue weighted by atomic mass is 32.2. The van der Waals surface area contributed by atoms with Crippen LogP contribution in [0.3, 0.4) is 0 Å². The van der Waals surface area contributed by atoms with Crippen LogP contribution in [0.5, 0.6) is 17.2 Å². The van der Waals surface area contributed by atoms with Crippen molar-refractivity contribution in [2.75, 3.05) is 26.8 Å². The summed E-state index contributed by atoms with van der Waals surface area (Å²) in [6.07, 6.45) is -0.307. The molecule has 0 unspecified atom stereocenters. The number of hydrogen-bond donors (Lipinski definition) is 2. The Labute approximate surface area is 265 Å². The number of aryl methyl sites for hydroxylation is 3. The first-order valence-electron chi connectivity index (χ1n) is 14.8. The summed E-state index contributed by atoms with van der Waals surface area (Å²) in [5.74, 6) is 0.539. The van der Waals surface area contributed by atoms with Gasteiger partial charge in [0.05, 0.1) is 29.1 Å². The normalized spacial score (nSPS) is 19.4. The second-order valence-corrected chi connectivity index (χ2v) is 13.4. The highest BCUT2D eigenvalue weighted by Crippen LogP contribution is 2.30. The number of fused-ring (bicyclic) bond motifs is 8. The van der Waals surface area contributed by atoms with Gasteiger partial charge in [0.2, 0.25) is 10.0 Å². The maximum atomic E-state index is 14.0. The van der Waals surface area contributed by atoms with Gasteiger partial charge >= 0.3 is 5.69 Å². The SMILES string of the molecule is COc1cc2ccc1CNC(=O)COc1cc(ccc1C)C(=O)N[C@H]1CN(S(=O)(=O)c3ccc4c(c3)n(C)c(=O)n4C)CC[C@H]1O2. The van der Waals surface area contributed by atoms with Crippen LogP contribution in [0.1, 0.15) is 27.9 Å². The molecule has 1 aromatic heterocycles. The minimum absolute atomic E-state index is 0.0416. The summed E-state index contributed by atoms with van der Waals surface area (Å²) in [5, 5.41) is 5.80. The molecule has 13 nitrogen and oxygen atoms in total. The number of imidazole rings is 1. The van der Waals surface area contributed by atoms with Crippen molar-refractivity contribution in [3.8, 4) is 17.2 Å². The monoisotopic (exact) mass is 649 g/mol. The first-order valence-corrected chi connectivity index (χ1v) is 16.2. The fourth-order valence-corrected chi connectivity index (χ4v) is 7.35. The standard InChI is InChI=1S/C32H35N5O8S/c1-19-5-6-20-13-28(19)44-18-30(38)33-16-21-7-8-22(14-29(21)43-4)45-27-11-12-37(17-24(27)34-31(20)39)46(41,42)23-9-10-25-26(15-23)36(3)32(40)35(25)2/h5-10,13-15,24,27H,11-12,16-18H2,1-4H3,(H,33,38)(H,34,39)/t24-,27+/m0/s1. The molecule has 3 aliphatic rings. The van der Waals surface area contributed by atoms with Crippen molar-refractivity contribution in [2.45, 2.75) is 36.9 Å². The third kappa shape index (κ3) is 5.81. The van der Waals surface area contributed by atoms with Gasteiger partial charge in [0, 0.05) is 57.3 Å². The van der Waals surface area contributed by atoms with Crippen molar-refractivity contribution in [2.24, 2.45) is 14.1 Å². The van der Waals surface area contributed by atoms with Crippen molar-refractivity contribution in [1.82, 2.24) is 24.1 Å². The number of methoxy groups -OCH3 is 1. The van der Waals surface area contributed by atoms with E-state index in [9.17, 15) is 22.8 Å².